The van der Waals surface area contributed by atoms with Crippen LogP contribution in [0, 0.1) is 6.92 Å². The van der Waals surface area contributed by atoms with Gasteiger partial charge in [-0.15, -0.1) is 0 Å². The van der Waals surface area contributed by atoms with E-state index in [-0.39, 0.29) is 0 Å². The molecule has 6 aromatic carbocycles. The van der Waals surface area contributed by atoms with Crippen LogP contribution in [-0.2, 0) is 0 Å². The Morgan fingerprint density at radius 1 is 0.579 bits per heavy atom. The smallest absolute Gasteiger partial charge is 0.136 e. The number of furan rings is 1. The van der Waals surface area contributed by atoms with Crippen molar-refractivity contribution in [3.05, 3.63) is 139 Å². The van der Waals surface area contributed by atoms with Crippen molar-refractivity contribution in [1.29, 1.82) is 0 Å². The van der Waals surface area contributed by atoms with E-state index >= 15 is 0 Å². The molecule has 1 nitrogen and oxygen atoms in total. The van der Waals surface area contributed by atoms with E-state index in [1.165, 1.54) is 54.9 Å². The summed E-state index contributed by atoms with van der Waals surface area (Å²) in [7, 11) is 0. The summed E-state index contributed by atoms with van der Waals surface area (Å²) >= 11 is 0. The number of benzene rings is 6. The summed E-state index contributed by atoms with van der Waals surface area (Å²) in [5.41, 5.74) is 9.20. The van der Waals surface area contributed by atoms with Crippen molar-refractivity contribution in [1.82, 2.24) is 0 Å². The van der Waals surface area contributed by atoms with Crippen LogP contribution in [0.3, 0.4) is 0 Å². The number of fused-ring (bicyclic) bond motifs is 5. The Hall–Kier alpha value is -4.88. The Labute approximate surface area is 222 Å². The Bertz CT molecular complexity index is 2040. The van der Waals surface area contributed by atoms with E-state index in [9.17, 15) is 0 Å². The SMILES string of the molecule is C=C/C=C\c1c(C)c(-c2ccc3oc4cc5ccccc5cc4c3c2)c2ccccc2c1-c1ccccc1. The highest BCUT2D eigenvalue weighted by Crippen LogP contribution is 2.44. The normalized spacial score (nSPS) is 11.8. The van der Waals surface area contributed by atoms with E-state index in [4.69, 9.17) is 4.42 Å². The fourth-order valence-corrected chi connectivity index (χ4v) is 5.87. The monoisotopic (exact) mass is 486 g/mol. The molecule has 0 aliphatic heterocycles. The first-order chi connectivity index (χ1) is 18.7. The van der Waals surface area contributed by atoms with E-state index in [1.807, 2.05) is 12.2 Å². The molecule has 0 unspecified atom stereocenters. The Morgan fingerprint density at radius 3 is 2.00 bits per heavy atom. The molecule has 0 aliphatic carbocycles. The zero-order valence-electron chi connectivity index (χ0n) is 21.2. The topological polar surface area (TPSA) is 13.1 Å². The van der Waals surface area contributed by atoms with Crippen LogP contribution < -0.4 is 0 Å². The Morgan fingerprint density at radius 2 is 1.24 bits per heavy atom. The third-order valence-corrected chi connectivity index (χ3v) is 7.60. The van der Waals surface area contributed by atoms with Gasteiger partial charge in [0.25, 0.3) is 0 Å². The minimum atomic E-state index is 0.911. The summed E-state index contributed by atoms with van der Waals surface area (Å²) in [5.74, 6) is 0. The zero-order valence-corrected chi connectivity index (χ0v) is 21.2. The summed E-state index contributed by atoms with van der Waals surface area (Å²) in [4.78, 5) is 0. The van der Waals surface area contributed by atoms with Gasteiger partial charge in [0.1, 0.15) is 11.2 Å². The molecule has 1 heterocycles. The molecule has 7 aromatic rings. The molecule has 0 N–H and O–H groups in total. The van der Waals surface area contributed by atoms with Gasteiger partial charge in [0.05, 0.1) is 0 Å². The molecule has 0 bridgehead atoms. The highest BCUT2D eigenvalue weighted by molar-refractivity contribution is 6.14. The van der Waals surface area contributed by atoms with Gasteiger partial charge in [-0.05, 0) is 86.1 Å². The maximum absolute atomic E-state index is 6.30. The van der Waals surface area contributed by atoms with Crippen LogP contribution in [0.2, 0.25) is 0 Å². The first-order valence-corrected chi connectivity index (χ1v) is 13.0. The lowest BCUT2D eigenvalue weighted by Crippen LogP contribution is -1.96. The summed E-state index contributed by atoms with van der Waals surface area (Å²) in [6.45, 7) is 6.17. The van der Waals surface area contributed by atoms with Crippen LogP contribution in [-0.4, -0.2) is 0 Å². The van der Waals surface area contributed by atoms with Gasteiger partial charge in [-0.3, -0.25) is 0 Å². The highest BCUT2D eigenvalue weighted by atomic mass is 16.3. The fourth-order valence-electron chi connectivity index (χ4n) is 5.87. The van der Waals surface area contributed by atoms with Gasteiger partial charge in [0, 0.05) is 10.8 Å². The van der Waals surface area contributed by atoms with Gasteiger partial charge in [-0.2, -0.15) is 0 Å². The second-order valence-corrected chi connectivity index (χ2v) is 9.80. The van der Waals surface area contributed by atoms with Crippen LogP contribution in [0.15, 0.2) is 132 Å². The van der Waals surface area contributed by atoms with Gasteiger partial charge in [-0.25, -0.2) is 0 Å². The van der Waals surface area contributed by atoms with Crippen molar-refractivity contribution >= 4 is 49.6 Å². The number of allylic oxidation sites excluding steroid dienone is 2. The predicted octanol–water partition coefficient (Wildman–Crippen LogP) is 10.7. The molecule has 0 fully saturated rings. The lowest BCUT2D eigenvalue weighted by atomic mass is 9.83. The van der Waals surface area contributed by atoms with Gasteiger partial charge in [-0.1, -0.05) is 110 Å². The molecule has 180 valence electrons. The van der Waals surface area contributed by atoms with Crippen LogP contribution in [0.25, 0.3) is 71.8 Å². The van der Waals surface area contributed by atoms with E-state index < -0.39 is 0 Å². The highest BCUT2D eigenvalue weighted by Gasteiger charge is 2.19. The van der Waals surface area contributed by atoms with E-state index in [2.05, 4.69) is 129 Å². The van der Waals surface area contributed by atoms with Crippen LogP contribution >= 0.6 is 0 Å². The minimum absolute atomic E-state index is 0.911. The van der Waals surface area contributed by atoms with Crippen LogP contribution in [0.1, 0.15) is 11.1 Å². The number of hydrogen-bond acceptors (Lipinski definition) is 1. The lowest BCUT2D eigenvalue weighted by Gasteiger charge is -2.20. The molecule has 0 atom stereocenters. The van der Waals surface area contributed by atoms with Gasteiger partial charge in [0.15, 0.2) is 0 Å². The van der Waals surface area contributed by atoms with Gasteiger partial charge in [0.2, 0.25) is 0 Å². The molecule has 0 saturated carbocycles. The molecule has 1 aromatic heterocycles. The quantitative estimate of drug-likeness (QED) is 0.226. The largest absolute Gasteiger partial charge is 0.456 e. The third kappa shape index (κ3) is 3.48. The molecule has 38 heavy (non-hydrogen) atoms. The maximum Gasteiger partial charge on any atom is 0.136 e. The summed E-state index contributed by atoms with van der Waals surface area (Å²) in [5, 5.41) is 7.19. The van der Waals surface area contributed by atoms with Crippen molar-refractivity contribution in [3.8, 4) is 22.3 Å². The molecule has 0 amide bonds. The van der Waals surface area contributed by atoms with Crippen molar-refractivity contribution < 1.29 is 4.42 Å². The van der Waals surface area contributed by atoms with Crippen molar-refractivity contribution in [3.63, 3.8) is 0 Å². The fraction of sp³-hybridized carbons (Fsp3) is 0.0270. The second kappa shape index (κ2) is 8.90. The number of hydrogen-bond donors (Lipinski definition) is 0. The first-order valence-electron chi connectivity index (χ1n) is 13.0. The Kier molecular flexibility index (Phi) is 5.23. The van der Waals surface area contributed by atoms with Crippen LogP contribution in [0.5, 0.6) is 0 Å². The lowest BCUT2D eigenvalue weighted by molar-refractivity contribution is 0.669. The Balaban J connectivity index is 1.56. The standard InChI is InChI=1S/C37H26O/c1-3-4-16-29-24(2)36(30-17-10-11-18-31(30)37(29)25-12-6-5-7-13-25)28-19-20-34-32(22-28)33-21-26-14-8-9-15-27(26)23-35(33)38-34/h3-23H,1H2,2H3/b16-4-. The molecule has 0 aliphatic rings. The summed E-state index contributed by atoms with van der Waals surface area (Å²) in [6.07, 6.45) is 6.07. The molecule has 0 saturated heterocycles. The van der Waals surface area contributed by atoms with E-state index in [0.717, 1.165) is 21.9 Å². The molecular formula is C37H26O. The van der Waals surface area contributed by atoms with Gasteiger partial charge >= 0.3 is 0 Å². The third-order valence-electron chi connectivity index (χ3n) is 7.60. The molecule has 0 radical (unpaired) electrons. The zero-order chi connectivity index (χ0) is 25.6. The first kappa shape index (κ1) is 22.3. The van der Waals surface area contributed by atoms with E-state index in [0.29, 0.717) is 0 Å². The second-order valence-electron chi connectivity index (χ2n) is 9.80. The van der Waals surface area contributed by atoms with Crippen molar-refractivity contribution in [2.75, 3.05) is 0 Å². The minimum Gasteiger partial charge on any atom is -0.456 e. The number of rotatable bonds is 4. The predicted molar refractivity (Wildman–Crippen MR) is 164 cm³/mol. The average molecular weight is 487 g/mol. The summed E-state index contributed by atoms with van der Waals surface area (Å²) in [6, 6.07) is 38.9. The molecule has 7 rings (SSSR count). The van der Waals surface area contributed by atoms with Gasteiger partial charge < -0.3 is 4.42 Å². The van der Waals surface area contributed by atoms with Crippen LogP contribution in [0.4, 0.5) is 0 Å². The molecule has 0 spiro atoms. The molecule has 1 heteroatoms. The van der Waals surface area contributed by atoms with Crippen molar-refractivity contribution in [2.24, 2.45) is 0 Å². The maximum atomic E-state index is 6.30. The summed E-state index contributed by atoms with van der Waals surface area (Å²) < 4.78 is 6.30. The van der Waals surface area contributed by atoms with E-state index in [1.54, 1.807) is 0 Å². The average Bonchev–Trinajstić information content (AvgIpc) is 3.31. The van der Waals surface area contributed by atoms with Crippen molar-refractivity contribution in [2.45, 2.75) is 6.92 Å². The molecular weight excluding hydrogens is 460 g/mol.